The monoisotopic (exact) mass is 326 g/mol. The Hall–Kier alpha value is -1.41. The van der Waals surface area contributed by atoms with Crippen LogP contribution < -0.4 is 4.72 Å². The Bertz CT molecular complexity index is 666. The van der Waals surface area contributed by atoms with Crippen molar-refractivity contribution in [3.63, 3.8) is 0 Å². The summed E-state index contributed by atoms with van der Waals surface area (Å²) in [5, 5.41) is 6.81. The van der Waals surface area contributed by atoms with Gasteiger partial charge < -0.3 is 4.90 Å². The highest BCUT2D eigenvalue weighted by molar-refractivity contribution is 7.88. The number of carbonyl (C=O) groups excluding carboxylic acids is 1. The number of amides is 1. The van der Waals surface area contributed by atoms with Crippen LogP contribution in [0, 0.1) is 12.3 Å². The third-order valence-corrected chi connectivity index (χ3v) is 5.54. The van der Waals surface area contributed by atoms with E-state index in [9.17, 15) is 13.2 Å². The van der Waals surface area contributed by atoms with E-state index in [0.717, 1.165) is 44.5 Å². The molecular formula is C14H22N4O3S. The minimum Gasteiger partial charge on any atom is -0.337 e. The highest BCUT2D eigenvalue weighted by atomic mass is 32.2. The first-order valence-corrected chi connectivity index (χ1v) is 9.44. The number of sulfonamides is 1. The number of nitrogens with zero attached hydrogens (tertiary/aromatic N) is 2. The number of H-pyrrole nitrogens is 1. The predicted octanol–water partition coefficient (Wildman–Crippen LogP) is 0.652. The molecule has 1 saturated carbocycles. The number of likely N-dealkylation sites (tertiary alicyclic amines) is 1. The largest absolute Gasteiger partial charge is 0.337 e. The molecule has 1 saturated heterocycles. The van der Waals surface area contributed by atoms with E-state index in [1.165, 1.54) is 6.26 Å². The lowest BCUT2D eigenvalue weighted by Crippen LogP contribution is -2.55. The molecule has 1 aromatic rings. The lowest BCUT2D eigenvalue weighted by Gasteiger charge is -2.52. The fourth-order valence-electron chi connectivity index (χ4n) is 3.65. The highest BCUT2D eigenvalue weighted by Gasteiger charge is 2.47. The molecule has 1 aliphatic carbocycles. The molecule has 2 N–H and O–H groups in total. The summed E-state index contributed by atoms with van der Waals surface area (Å²) >= 11 is 0. The number of aryl methyl sites for hydroxylation is 1. The maximum Gasteiger partial charge on any atom is 0.274 e. The van der Waals surface area contributed by atoms with Crippen LogP contribution in [-0.4, -0.2) is 54.8 Å². The zero-order valence-electron chi connectivity index (χ0n) is 12.9. The first-order chi connectivity index (χ1) is 10.3. The van der Waals surface area contributed by atoms with Gasteiger partial charge in [-0.3, -0.25) is 9.89 Å². The fourth-order valence-corrected chi connectivity index (χ4v) is 4.43. The second-order valence-corrected chi connectivity index (χ2v) is 8.50. The summed E-state index contributed by atoms with van der Waals surface area (Å²) in [7, 11) is -3.12. The van der Waals surface area contributed by atoms with Gasteiger partial charge in [0.25, 0.3) is 5.91 Å². The van der Waals surface area contributed by atoms with Crippen LogP contribution in [0.1, 0.15) is 41.9 Å². The van der Waals surface area contributed by atoms with Crippen molar-refractivity contribution < 1.29 is 13.2 Å². The average molecular weight is 326 g/mol. The van der Waals surface area contributed by atoms with E-state index >= 15 is 0 Å². The van der Waals surface area contributed by atoms with Gasteiger partial charge >= 0.3 is 0 Å². The van der Waals surface area contributed by atoms with E-state index < -0.39 is 10.0 Å². The number of aromatic nitrogens is 2. The average Bonchev–Trinajstić information content (AvgIpc) is 2.82. The van der Waals surface area contributed by atoms with Crippen molar-refractivity contribution in [1.82, 2.24) is 19.8 Å². The maximum absolute atomic E-state index is 12.3. The van der Waals surface area contributed by atoms with E-state index in [1.54, 1.807) is 6.07 Å². The third kappa shape index (κ3) is 3.17. The molecule has 1 aromatic heterocycles. The SMILES string of the molecule is Cc1cc(C(=O)N2CCC3(CC2)CC(NS(C)(=O)=O)C3)n[nH]1. The summed E-state index contributed by atoms with van der Waals surface area (Å²) in [6, 6.07) is 1.83. The van der Waals surface area contributed by atoms with Gasteiger partial charge in [0.15, 0.2) is 0 Å². The molecule has 7 nitrogen and oxygen atoms in total. The Kier molecular flexibility index (Phi) is 3.76. The number of nitrogens with one attached hydrogen (secondary N) is 2. The van der Waals surface area contributed by atoms with Crippen LogP contribution in [0.15, 0.2) is 6.07 Å². The van der Waals surface area contributed by atoms with E-state index in [2.05, 4.69) is 14.9 Å². The summed E-state index contributed by atoms with van der Waals surface area (Å²) in [5.41, 5.74) is 1.56. The molecule has 3 rings (SSSR count). The molecule has 1 amide bonds. The van der Waals surface area contributed by atoms with Crippen molar-refractivity contribution in [3.8, 4) is 0 Å². The van der Waals surface area contributed by atoms with Crippen molar-refractivity contribution in [1.29, 1.82) is 0 Å². The van der Waals surface area contributed by atoms with Gasteiger partial charge in [0.05, 0.1) is 6.26 Å². The molecule has 0 atom stereocenters. The zero-order valence-corrected chi connectivity index (χ0v) is 13.7. The van der Waals surface area contributed by atoms with Gasteiger partial charge in [-0.05, 0) is 44.1 Å². The van der Waals surface area contributed by atoms with Gasteiger partial charge in [0.1, 0.15) is 5.69 Å². The van der Waals surface area contributed by atoms with Crippen molar-refractivity contribution in [2.24, 2.45) is 5.41 Å². The summed E-state index contributed by atoms with van der Waals surface area (Å²) in [5.74, 6) is -0.0238. The second-order valence-electron chi connectivity index (χ2n) is 6.72. The Morgan fingerprint density at radius 3 is 2.55 bits per heavy atom. The lowest BCUT2D eigenvalue weighted by atomic mass is 9.60. The molecule has 0 unspecified atom stereocenters. The normalized spacial score (nSPS) is 21.8. The number of hydrogen-bond acceptors (Lipinski definition) is 4. The van der Waals surface area contributed by atoms with Gasteiger partial charge in [-0.1, -0.05) is 0 Å². The predicted molar refractivity (Wildman–Crippen MR) is 81.9 cm³/mol. The smallest absolute Gasteiger partial charge is 0.274 e. The van der Waals surface area contributed by atoms with Crippen LogP contribution in [-0.2, 0) is 10.0 Å². The standard InChI is InChI=1S/C14H22N4O3S/c1-10-7-12(16-15-10)13(19)18-5-3-14(4-6-18)8-11(9-14)17-22(2,20)21/h7,11,17H,3-6,8-9H2,1-2H3,(H,15,16). The minimum absolute atomic E-state index is 0.0238. The van der Waals surface area contributed by atoms with E-state index in [4.69, 9.17) is 0 Å². The first-order valence-electron chi connectivity index (χ1n) is 7.55. The lowest BCUT2D eigenvalue weighted by molar-refractivity contribution is 0.0135. The molecule has 1 aliphatic heterocycles. The van der Waals surface area contributed by atoms with Crippen molar-refractivity contribution in [2.45, 2.75) is 38.6 Å². The van der Waals surface area contributed by atoms with Gasteiger partial charge in [-0.2, -0.15) is 5.10 Å². The van der Waals surface area contributed by atoms with E-state index in [0.29, 0.717) is 5.69 Å². The molecule has 8 heteroatoms. The number of hydrogen-bond donors (Lipinski definition) is 2. The maximum atomic E-state index is 12.3. The molecule has 0 bridgehead atoms. The molecule has 22 heavy (non-hydrogen) atoms. The Morgan fingerprint density at radius 2 is 2.05 bits per heavy atom. The van der Waals surface area contributed by atoms with E-state index in [-0.39, 0.29) is 17.4 Å². The Labute approximate surface area is 130 Å². The number of aromatic amines is 1. The Morgan fingerprint density at radius 1 is 1.41 bits per heavy atom. The fraction of sp³-hybridized carbons (Fsp3) is 0.714. The Balaban J connectivity index is 1.52. The minimum atomic E-state index is -3.12. The van der Waals surface area contributed by atoms with Gasteiger partial charge in [0.2, 0.25) is 10.0 Å². The molecule has 2 fully saturated rings. The quantitative estimate of drug-likeness (QED) is 0.852. The molecule has 0 aromatic carbocycles. The van der Waals surface area contributed by atoms with Crippen LogP contribution in [0.4, 0.5) is 0 Å². The van der Waals surface area contributed by atoms with Crippen LogP contribution >= 0.6 is 0 Å². The summed E-state index contributed by atoms with van der Waals surface area (Å²) < 4.78 is 25.1. The first kappa shape index (κ1) is 15.5. The second kappa shape index (κ2) is 5.34. The van der Waals surface area contributed by atoms with Crippen molar-refractivity contribution in [2.75, 3.05) is 19.3 Å². The number of carbonyl (C=O) groups is 1. The number of piperidine rings is 1. The summed E-state index contributed by atoms with van der Waals surface area (Å²) in [4.78, 5) is 14.2. The van der Waals surface area contributed by atoms with Gasteiger partial charge in [0, 0.05) is 24.8 Å². The topological polar surface area (TPSA) is 95.2 Å². The zero-order chi connectivity index (χ0) is 16.0. The van der Waals surface area contributed by atoms with Crippen LogP contribution in [0.3, 0.4) is 0 Å². The molecular weight excluding hydrogens is 304 g/mol. The summed E-state index contributed by atoms with van der Waals surface area (Å²) in [6.45, 7) is 3.31. The van der Waals surface area contributed by atoms with E-state index in [1.807, 2.05) is 11.8 Å². The molecule has 2 aliphatic rings. The van der Waals surface area contributed by atoms with Crippen LogP contribution in [0.5, 0.6) is 0 Å². The van der Waals surface area contributed by atoms with Crippen molar-refractivity contribution >= 4 is 15.9 Å². The molecule has 122 valence electrons. The molecule has 1 spiro atoms. The molecule has 2 heterocycles. The van der Waals surface area contributed by atoms with Gasteiger partial charge in [-0.15, -0.1) is 0 Å². The number of rotatable bonds is 3. The third-order valence-electron chi connectivity index (χ3n) is 4.78. The van der Waals surface area contributed by atoms with Crippen LogP contribution in [0.25, 0.3) is 0 Å². The summed E-state index contributed by atoms with van der Waals surface area (Å²) in [6.07, 6.45) is 4.83. The van der Waals surface area contributed by atoms with Crippen molar-refractivity contribution in [3.05, 3.63) is 17.5 Å². The van der Waals surface area contributed by atoms with Gasteiger partial charge in [-0.25, -0.2) is 13.1 Å². The van der Waals surface area contributed by atoms with Crippen LogP contribution in [0.2, 0.25) is 0 Å². The highest BCUT2D eigenvalue weighted by Crippen LogP contribution is 2.49. The molecule has 0 radical (unpaired) electrons.